The van der Waals surface area contributed by atoms with Crippen LogP contribution in [0.25, 0.3) is 6.08 Å². The van der Waals surface area contributed by atoms with Crippen LogP contribution in [-0.4, -0.2) is 125 Å². The number of hydrogen-bond acceptors (Lipinski definition) is 11. The number of nitrogens with one attached hydrogen (secondary N) is 2. The fourth-order valence-electron chi connectivity index (χ4n) is 8.91. The predicted octanol–water partition coefficient (Wildman–Crippen LogP) is 5.27. The van der Waals surface area contributed by atoms with Crippen LogP contribution < -0.4 is 20.3 Å². The van der Waals surface area contributed by atoms with Gasteiger partial charge in [0, 0.05) is 76.9 Å². The van der Waals surface area contributed by atoms with Crippen molar-refractivity contribution >= 4 is 47.3 Å². The summed E-state index contributed by atoms with van der Waals surface area (Å²) in [5, 5.41) is 5.18. The molecule has 0 saturated carbocycles. The summed E-state index contributed by atoms with van der Waals surface area (Å²) in [6, 6.07) is 11.6. The number of pyridine rings is 2. The van der Waals surface area contributed by atoms with Crippen molar-refractivity contribution in [3.8, 4) is 5.75 Å². The molecule has 0 bridgehead atoms. The van der Waals surface area contributed by atoms with Crippen molar-refractivity contribution in [2.45, 2.75) is 89.5 Å². The standard InChI is InChI=1S/C48H60N8O7/c57-42(19-15-36-12-10-23-49-33-36)50-24-6-5-11-35-21-26-55(27-22-35)46(60)37-16-18-41(51-34-37)54-30-28-53(29-31-54)25-7-3-1-2-4-8-32-63-40-14-9-13-38-44(40)48(62)56(47(38)61)39-17-20-43(58)52-45(39)59/h9-10,12-16,18-19,23,33-35,39H,1-8,11,17,20-22,24-32H2,(H,50,57)(H,52,58,59)/b19-15+. The number of likely N-dealkylation sites (tertiary alicyclic amines) is 1. The summed E-state index contributed by atoms with van der Waals surface area (Å²) in [6.07, 6.45) is 20.1. The number of benzene rings is 1. The van der Waals surface area contributed by atoms with E-state index in [0.717, 1.165) is 133 Å². The van der Waals surface area contributed by atoms with Crippen LogP contribution in [0.4, 0.5) is 5.82 Å². The topological polar surface area (TPSA) is 174 Å². The molecule has 15 heteroatoms. The highest BCUT2D eigenvalue weighted by molar-refractivity contribution is 6.24. The van der Waals surface area contributed by atoms with Gasteiger partial charge in [0.15, 0.2) is 0 Å². The predicted molar refractivity (Wildman–Crippen MR) is 238 cm³/mol. The quantitative estimate of drug-likeness (QED) is 0.0861. The van der Waals surface area contributed by atoms with E-state index < -0.39 is 29.7 Å². The van der Waals surface area contributed by atoms with Gasteiger partial charge in [0.2, 0.25) is 17.7 Å². The molecule has 1 unspecified atom stereocenters. The van der Waals surface area contributed by atoms with E-state index in [1.807, 2.05) is 29.2 Å². The SMILES string of the molecule is O=C(/C=C/c1cccnc1)NCCCCC1CCN(C(=O)c2ccc(N3CCN(CCCCCCCCOc4cccc5c4C(=O)N(C4CCC(=O)NC4=O)C5=O)CC3)nc2)CC1. The van der Waals surface area contributed by atoms with E-state index in [4.69, 9.17) is 9.72 Å². The maximum absolute atomic E-state index is 13.3. The molecule has 3 fully saturated rings. The van der Waals surface area contributed by atoms with Crippen LogP contribution in [-0.2, 0) is 14.4 Å². The van der Waals surface area contributed by atoms with E-state index >= 15 is 0 Å². The molecule has 4 aliphatic heterocycles. The molecule has 0 spiro atoms. The zero-order valence-electron chi connectivity index (χ0n) is 36.2. The summed E-state index contributed by atoms with van der Waals surface area (Å²) in [6.45, 7) is 7.46. The second kappa shape index (κ2) is 22.4. The van der Waals surface area contributed by atoms with Gasteiger partial charge in [-0.1, -0.05) is 50.7 Å². The summed E-state index contributed by atoms with van der Waals surface area (Å²) in [7, 11) is 0. The lowest BCUT2D eigenvalue weighted by Crippen LogP contribution is -2.54. The molecule has 15 nitrogen and oxygen atoms in total. The van der Waals surface area contributed by atoms with Crippen molar-refractivity contribution in [1.82, 2.24) is 35.3 Å². The number of nitrogens with zero attached hydrogens (tertiary/aromatic N) is 6. The Labute approximate surface area is 369 Å². The molecule has 1 atom stereocenters. The third-order valence-electron chi connectivity index (χ3n) is 12.6. The van der Waals surface area contributed by atoms with Crippen LogP contribution in [0.3, 0.4) is 0 Å². The number of piperidine rings is 2. The van der Waals surface area contributed by atoms with Gasteiger partial charge in [0.1, 0.15) is 17.6 Å². The Bertz CT molecular complexity index is 2100. The Balaban J connectivity index is 0.708. The third kappa shape index (κ3) is 12.2. The van der Waals surface area contributed by atoms with Crippen molar-refractivity contribution < 1.29 is 33.5 Å². The van der Waals surface area contributed by atoms with Crippen molar-refractivity contribution in [2.24, 2.45) is 5.92 Å². The smallest absolute Gasteiger partial charge is 0.266 e. The Morgan fingerprint density at radius 2 is 1.60 bits per heavy atom. The Morgan fingerprint density at radius 1 is 0.810 bits per heavy atom. The molecule has 2 N–H and O–H groups in total. The number of unbranched alkanes of at least 4 members (excludes halogenated alkanes) is 6. The lowest BCUT2D eigenvalue weighted by molar-refractivity contribution is -0.136. The Kier molecular flexibility index (Phi) is 16.0. The Morgan fingerprint density at radius 3 is 2.35 bits per heavy atom. The fraction of sp³-hybridized carbons (Fsp3) is 0.500. The van der Waals surface area contributed by atoms with Gasteiger partial charge in [0.05, 0.1) is 23.3 Å². The number of imide groups is 2. The molecular weight excluding hydrogens is 801 g/mol. The first kappa shape index (κ1) is 45.1. The van der Waals surface area contributed by atoms with E-state index in [1.165, 1.54) is 0 Å². The molecule has 6 amide bonds. The molecule has 1 aromatic carbocycles. The summed E-state index contributed by atoms with van der Waals surface area (Å²) in [5.41, 5.74) is 1.95. The summed E-state index contributed by atoms with van der Waals surface area (Å²) in [5.74, 6) is -0.288. The highest BCUT2D eigenvalue weighted by Crippen LogP contribution is 2.34. The van der Waals surface area contributed by atoms with E-state index in [-0.39, 0.29) is 35.8 Å². The lowest BCUT2D eigenvalue weighted by Gasteiger charge is -2.35. The second-order valence-electron chi connectivity index (χ2n) is 17.0. The highest BCUT2D eigenvalue weighted by Gasteiger charge is 2.46. The zero-order valence-corrected chi connectivity index (χ0v) is 36.2. The number of piperazine rings is 1. The van der Waals surface area contributed by atoms with Crippen LogP contribution in [0, 0.1) is 5.92 Å². The normalized spacial score (nSPS) is 18.5. The van der Waals surface area contributed by atoms with Crippen LogP contribution in [0.15, 0.2) is 67.1 Å². The van der Waals surface area contributed by atoms with Crippen LogP contribution in [0.2, 0.25) is 0 Å². The minimum Gasteiger partial charge on any atom is -0.493 e. The van der Waals surface area contributed by atoms with Gasteiger partial charge in [-0.25, -0.2) is 4.98 Å². The number of rotatable bonds is 20. The molecule has 3 aromatic rings. The van der Waals surface area contributed by atoms with E-state index in [9.17, 15) is 28.8 Å². The van der Waals surface area contributed by atoms with Gasteiger partial charge in [-0.3, -0.25) is 48.9 Å². The molecule has 2 aromatic heterocycles. The number of hydrogen-bond donors (Lipinski definition) is 2. The summed E-state index contributed by atoms with van der Waals surface area (Å²) < 4.78 is 5.97. The first-order chi connectivity index (χ1) is 30.7. The summed E-state index contributed by atoms with van der Waals surface area (Å²) in [4.78, 5) is 92.2. The van der Waals surface area contributed by atoms with E-state index in [1.54, 1.807) is 48.9 Å². The number of ether oxygens (including phenoxy) is 1. The first-order valence-electron chi connectivity index (χ1n) is 22.8. The zero-order chi connectivity index (χ0) is 44.0. The van der Waals surface area contributed by atoms with E-state index in [2.05, 4.69) is 25.4 Å². The van der Waals surface area contributed by atoms with Crippen LogP contribution in [0.5, 0.6) is 5.75 Å². The van der Waals surface area contributed by atoms with E-state index in [0.29, 0.717) is 30.4 Å². The molecule has 6 heterocycles. The molecule has 63 heavy (non-hydrogen) atoms. The van der Waals surface area contributed by atoms with Crippen molar-refractivity contribution in [1.29, 1.82) is 0 Å². The molecule has 3 saturated heterocycles. The van der Waals surface area contributed by atoms with Crippen molar-refractivity contribution in [3.63, 3.8) is 0 Å². The average Bonchev–Trinajstić information content (AvgIpc) is 3.56. The van der Waals surface area contributed by atoms with Gasteiger partial charge in [0.25, 0.3) is 17.7 Å². The fourth-order valence-corrected chi connectivity index (χ4v) is 8.91. The molecule has 7 rings (SSSR count). The second-order valence-corrected chi connectivity index (χ2v) is 17.0. The number of carbonyl (C=O) groups is 6. The Hall–Kier alpha value is -5.96. The average molecular weight is 861 g/mol. The molecule has 4 aliphatic rings. The van der Waals surface area contributed by atoms with Crippen molar-refractivity contribution in [2.75, 3.05) is 63.9 Å². The number of anilines is 1. The number of aromatic nitrogens is 2. The minimum atomic E-state index is -1.00. The van der Waals surface area contributed by atoms with Gasteiger partial charge < -0.3 is 19.9 Å². The number of fused-ring (bicyclic) bond motifs is 1. The first-order valence-corrected chi connectivity index (χ1v) is 22.8. The maximum atomic E-state index is 13.3. The minimum absolute atomic E-state index is 0.0563. The highest BCUT2D eigenvalue weighted by atomic mass is 16.5. The number of amides is 6. The van der Waals surface area contributed by atoms with Gasteiger partial charge in [-0.05, 0) is 93.0 Å². The van der Waals surface area contributed by atoms with Gasteiger partial charge in [-0.2, -0.15) is 0 Å². The monoisotopic (exact) mass is 860 g/mol. The molecule has 334 valence electrons. The lowest BCUT2D eigenvalue weighted by atomic mass is 9.91. The third-order valence-corrected chi connectivity index (χ3v) is 12.6. The van der Waals surface area contributed by atoms with Gasteiger partial charge >= 0.3 is 0 Å². The summed E-state index contributed by atoms with van der Waals surface area (Å²) >= 11 is 0. The molecule has 0 aliphatic carbocycles. The van der Waals surface area contributed by atoms with Crippen molar-refractivity contribution in [3.05, 3.63) is 89.4 Å². The van der Waals surface area contributed by atoms with Gasteiger partial charge in [-0.15, -0.1) is 0 Å². The maximum Gasteiger partial charge on any atom is 0.266 e. The molecule has 0 radical (unpaired) electrons. The number of carbonyl (C=O) groups excluding carboxylic acids is 6. The largest absolute Gasteiger partial charge is 0.493 e. The van der Waals surface area contributed by atoms with Crippen LogP contribution in [0.1, 0.15) is 120 Å². The molecular formula is C48H60N8O7. The van der Waals surface area contributed by atoms with Crippen LogP contribution >= 0.6 is 0 Å².